The van der Waals surface area contributed by atoms with E-state index >= 15 is 0 Å². The van der Waals surface area contributed by atoms with Crippen molar-refractivity contribution in [2.45, 2.75) is 18.7 Å². The second-order valence-electron chi connectivity index (χ2n) is 5.01. The summed E-state index contributed by atoms with van der Waals surface area (Å²) in [7, 11) is -3.86. The molecule has 25 heavy (non-hydrogen) atoms. The Labute approximate surface area is 159 Å². The number of rotatable bonds is 6. The van der Waals surface area contributed by atoms with Crippen LogP contribution in [0.15, 0.2) is 45.8 Å². The maximum atomic E-state index is 12.6. The van der Waals surface area contributed by atoms with Crippen LogP contribution in [0.5, 0.6) is 5.75 Å². The highest BCUT2D eigenvalue weighted by Gasteiger charge is 2.19. The number of hydrogen-bond donors (Lipinski definition) is 2. The molecule has 0 atom stereocenters. The van der Waals surface area contributed by atoms with Gasteiger partial charge in [0.05, 0.1) is 21.7 Å². The monoisotopic (exact) mass is 446 g/mol. The quantitative estimate of drug-likeness (QED) is 0.693. The molecule has 0 aliphatic heterocycles. The van der Waals surface area contributed by atoms with E-state index in [1.54, 1.807) is 13.0 Å². The van der Waals surface area contributed by atoms with E-state index in [0.29, 0.717) is 27.5 Å². The van der Waals surface area contributed by atoms with Crippen molar-refractivity contribution in [2.24, 2.45) is 0 Å². The van der Waals surface area contributed by atoms with Gasteiger partial charge in [-0.25, -0.2) is 8.42 Å². The van der Waals surface area contributed by atoms with Gasteiger partial charge in [-0.05, 0) is 59.3 Å². The molecule has 134 valence electrons. The topological polar surface area (TPSA) is 84.5 Å². The minimum Gasteiger partial charge on any atom is -0.490 e. The second kappa shape index (κ2) is 8.07. The molecule has 0 saturated heterocycles. The van der Waals surface area contributed by atoms with Crippen molar-refractivity contribution in [1.29, 1.82) is 0 Å². The van der Waals surface area contributed by atoms with Gasteiger partial charge in [0.1, 0.15) is 0 Å². The highest BCUT2D eigenvalue weighted by Crippen LogP contribution is 2.37. The Bertz CT molecular complexity index is 886. The van der Waals surface area contributed by atoms with Crippen molar-refractivity contribution in [3.8, 4) is 5.75 Å². The van der Waals surface area contributed by atoms with Crippen LogP contribution in [0.1, 0.15) is 13.8 Å². The summed E-state index contributed by atoms with van der Waals surface area (Å²) in [5.41, 5.74) is 0.735. The van der Waals surface area contributed by atoms with E-state index < -0.39 is 10.0 Å². The summed E-state index contributed by atoms with van der Waals surface area (Å²) >= 11 is 9.32. The van der Waals surface area contributed by atoms with Gasteiger partial charge in [-0.2, -0.15) is 0 Å². The molecule has 0 radical (unpaired) electrons. The zero-order valence-electron chi connectivity index (χ0n) is 13.5. The number of hydrogen-bond acceptors (Lipinski definition) is 4. The van der Waals surface area contributed by atoms with Gasteiger partial charge in [-0.15, -0.1) is 0 Å². The SMILES string of the molecule is CCOc1c(Br)cc(Cl)cc1NS(=O)(=O)c1ccc(NC(C)=O)cc1. The maximum Gasteiger partial charge on any atom is 0.262 e. The third kappa shape index (κ3) is 5.10. The molecule has 2 rings (SSSR count). The number of anilines is 2. The smallest absolute Gasteiger partial charge is 0.262 e. The number of nitrogens with one attached hydrogen (secondary N) is 2. The lowest BCUT2D eigenvalue weighted by Crippen LogP contribution is -2.14. The summed E-state index contributed by atoms with van der Waals surface area (Å²) in [6.45, 7) is 3.53. The van der Waals surface area contributed by atoms with Gasteiger partial charge in [0.2, 0.25) is 5.91 Å². The fourth-order valence-corrected chi connectivity index (χ4v) is 4.03. The van der Waals surface area contributed by atoms with Crippen LogP contribution in [-0.2, 0) is 14.8 Å². The van der Waals surface area contributed by atoms with Crippen LogP contribution < -0.4 is 14.8 Å². The lowest BCUT2D eigenvalue weighted by molar-refractivity contribution is -0.114. The molecule has 0 unspecified atom stereocenters. The summed E-state index contributed by atoms with van der Waals surface area (Å²) in [6, 6.07) is 8.90. The molecule has 0 heterocycles. The van der Waals surface area contributed by atoms with Crippen molar-refractivity contribution < 1.29 is 17.9 Å². The number of benzene rings is 2. The molecule has 6 nitrogen and oxygen atoms in total. The molecule has 1 amide bonds. The number of carbonyl (C=O) groups is 1. The summed E-state index contributed by atoms with van der Waals surface area (Å²) < 4.78 is 33.7. The van der Waals surface area contributed by atoms with Crippen LogP contribution in [0.2, 0.25) is 5.02 Å². The molecule has 0 saturated carbocycles. The standard InChI is InChI=1S/C16H16BrClN2O4S/c1-3-24-16-14(17)8-11(18)9-15(16)20-25(22,23)13-6-4-12(5-7-13)19-10(2)21/h4-9,20H,3H2,1-2H3,(H,19,21). The van der Waals surface area contributed by atoms with E-state index in [0.717, 1.165) is 0 Å². The average Bonchev–Trinajstić information content (AvgIpc) is 2.50. The Balaban J connectivity index is 2.34. The zero-order chi connectivity index (χ0) is 18.6. The van der Waals surface area contributed by atoms with Gasteiger partial charge >= 0.3 is 0 Å². The molecule has 2 aromatic carbocycles. The van der Waals surface area contributed by atoms with Crippen molar-refractivity contribution in [1.82, 2.24) is 0 Å². The second-order valence-corrected chi connectivity index (χ2v) is 7.98. The fraction of sp³-hybridized carbons (Fsp3) is 0.188. The van der Waals surface area contributed by atoms with Crippen molar-refractivity contribution >= 4 is 54.8 Å². The van der Waals surface area contributed by atoms with Gasteiger partial charge in [0.15, 0.2) is 5.75 Å². The van der Waals surface area contributed by atoms with E-state index in [-0.39, 0.29) is 16.5 Å². The normalized spacial score (nSPS) is 11.0. The summed E-state index contributed by atoms with van der Waals surface area (Å²) in [5.74, 6) is 0.115. The van der Waals surface area contributed by atoms with Crippen molar-refractivity contribution in [3.05, 3.63) is 45.9 Å². The first-order valence-electron chi connectivity index (χ1n) is 7.25. The fourth-order valence-electron chi connectivity index (χ4n) is 2.05. The number of sulfonamides is 1. The molecule has 9 heteroatoms. The zero-order valence-corrected chi connectivity index (χ0v) is 16.6. The summed E-state index contributed by atoms with van der Waals surface area (Å²) in [6.07, 6.45) is 0. The minimum absolute atomic E-state index is 0.0418. The van der Waals surface area contributed by atoms with Gasteiger partial charge in [-0.1, -0.05) is 11.6 Å². The Morgan fingerprint density at radius 1 is 1.24 bits per heavy atom. The van der Waals surface area contributed by atoms with E-state index in [4.69, 9.17) is 16.3 Å². The highest BCUT2D eigenvalue weighted by molar-refractivity contribution is 9.10. The molecule has 0 aliphatic carbocycles. The largest absolute Gasteiger partial charge is 0.490 e. The lowest BCUT2D eigenvalue weighted by Gasteiger charge is -2.15. The van der Waals surface area contributed by atoms with Crippen LogP contribution >= 0.6 is 27.5 Å². The van der Waals surface area contributed by atoms with Gasteiger partial charge < -0.3 is 10.1 Å². The molecule has 0 bridgehead atoms. The molecular weight excluding hydrogens is 432 g/mol. The van der Waals surface area contributed by atoms with Gasteiger partial charge in [-0.3, -0.25) is 9.52 Å². The maximum absolute atomic E-state index is 12.6. The first kappa shape index (κ1) is 19.6. The third-order valence-electron chi connectivity index (χ3n) is 3.03. The van der Waals surface area contributed by atoms with E-state index in [2.05, 4.69) is 26.0 Å². The molecular formula is C16H16BrClN2O4S. The molecule has 0 aromatic heterocycles. The minimum atomic E-state index is -3.86. The molecule has 0 spiro atoms. The Hall–Kier alpha value is -1.77. The first-order valence-corrected chi connectivity index (χ1v) is 9.90. The first-order chi connectivity index (χ1) is 11.7. The third-order valence-corrected chi connectivity index (χ3v) is 5.22. The number of ether oxygens (including phenoxy) is 1. The Morgan fingerprint density at radius 2 is 1.88 bits per heavy atom. The molecule has 2 N–H and O–H groups in total. The highest BCUT2D eigenvalue weighted by atomic mass is 79.9. The van der Waals surface area contributed by atoms with Crippen LogP contribution in [0.4, 0.5) is 11.4 Å². The Kier molecular flexibility index (Phi) is 6.31. The van der Waals surface area contributed by atoms with Crippen LogP contribution in [0.3, 0.4) is 0 Å². The number of carbonyl (C=O) groups excluding carboxylic acids is 1. The molecule has 2 aromatic rings. The summed E-state index contributed by atoms with van der Waals surface area (Å²) in [4.78, 5) is 11.1. The van der Waals surface area contributed by atoms with Gasteiger partial charge in [0.25, 0.3) is 10.0 Å². The average molecular weight is 448 g/mol. The number of amides is 1. The number of halogens is 2. The van der Waals surface area contributed by atoms with Crippen LogP contribution in [0.25, 0.3) is 0 Å². The van der Waals surface area contributed by atoms with Crippen molar-refractivity contribution in [3.63, 3.8) is 0 Å². The predicted molar refractivity (Wildman–Crippen MR) is 102 cm³/mol. The van der Waals surface area contributed by atoms with E-state index in [1.807, 2.05) is 0 Å². The van der Waals surface area contributed by atoms with Crippen LogP contribution in [0, 0.1) is 0 Å². The molecule has 0 aliphatic rings. The Morgan fingerprint density at radius 3 is 2.44 bits per heavy atom. The summed E-state index contributed by atoms with van der Waals surface area (Å²) in [5, 5.41) is 2.93. The van der Waals surface area contributed by atoms with Crippen LogP contribution in [-0.4, -0.2) is 20.9 Å². The van der Waals surface area contributed by atoms with Gasteiger partial charge in [0, 0.05) is 17.6 Å². The van der Waals surface area contributed by atoms with E-state index in [1.165, 1.54) is 37.3 Å². The van der Waals surface area contributed by atoms with E-state index in [9.17, 15) is 13.2 Å². The lowest BCUT2D eigenvalue weighted by atomic mass is 10.3. The molecule has 0 fully saturated rings. The predicted octanol–water partition coefficient (Wildman–Crippen LogP) is 4.26. The van der Waals surface area contributed by atoms with Crippen molar-refractivity contribution in [2.75, 3.05) is 16.6 Å².